The molecule has 1 saturated heterocycles. The van der Waals surface area contributed by atoms with E-state index in [1.807, 2.05) is 54.6 Å². The van der Waals surface area contributed by atoms with Crippen molar-refractivity contribution in [1.82, 2.24) is 9.29 Å². The number of ketones is 1. The lowest BCUT2D eigenvalue weighted by Crippen LogP contribution is -2.41. The average molecular weight is 490 g/mol. The van der Waals surface area contributed by atoms with Gasteiger partial charge in [0.1, 0.15) is 0 Å². The molecule has 0 atom stereocenters. The number of carbonyl (C=O) groups excluding carboxylic acids is 2. The highest BCUT2D eigenvalue weighted by Crippen LogP contribution is 2.25. The Bertz CT molecular complexity index is 1330. The Morgan fingerprint density at radius 1 is 0.971 bits per heavy atom. The minimum atomic E-state index is -3.67. The summed E-state index contributed by atoms with van der Waals surface area (Å²) in [4.78, 5) is 28.7. The van der Waals surface area contributed by atoms with Gasteiger partial charge in [0.15, 0.2) is 5.78 Å². The van der Waals surface area contributed by atoms with Crippen LogP contribution in [0, 0.1) is 5.92 Å². The number of rotatable bonds is 7. The fourth-order valence-electron chi connectivity index (χ4n) is 3.99. The van der Waals surface area contributed by atoms with Crippen LogP contribution in [-0.2, 0) is 14.8 Å². The molecule has 180 valence electrons. The van der Waals surface area contributed by atoms with Gasteiger partial charge in [-0.25, -0.2) is 8.42 Å². The van der Waals surface area contributed by atoms with E-state index in [1.165, 1.54) is 35.5 Å². The molecule has 1 amide bonds. The molecule has 1 aromatic heterocycles. The minimum absolute atomic E-state index is 0.112. The first kappa shape index (κ1) is 24.5. The smallest absolute Gasteiger partial charge is 0.243 e. The summed E-state index contributed by atoms with van der Waals surface area (Å²) < 4.78 is 27.3. The lowest BCUT2D eigenvalue weighted by Gasteiger charge is -2.30. The molecule has 0 aliphatic carbocycles. The number of sulfonamides is 1. The fraction of sp³-hybridized carbons (Fsp3) is 0.222. The Balaban J connectivity index is 1.34. The highest BCUT2D eigenvalue weighted by atomic mass is 32.2. The third-order valence-electron chi connectivity index (χ3n) is 6.01. The van der Waals surface area contributed by atoms with Crippen LogP contribution in [0.5, 0.6) is 0 Å². The van der Waals surface area contributed by atoms with Gasteiger partial charge in [-0.05, 0) is 67.8 Å². The van der Waals surface area contributed by atoms with Crippen LogP contribution < -0.4 is 5.32 Å². The van der Waals surface area contributed by atoms with E-state index in [0.717, 1.165) is 11.3 Å². The van der Waals surface area contributed by atoms with E-state index in [4.69, 9.17) is 0 Å². The molecule has 3 aromatic rings. The number of carbonyl (C=O) groups is 2. The first-order valence-electron chi connectivity index (χ1n) is 11.4. The Morgan fingerprint density at radius 3 is 2.37 bits per heavy atom. The van der Waals surface area contributed by atoms with Crippen LogP contribution in [0.4, 0.5) is 5.69 Å². The monoisotopic (exact) mass is 489 g/mol. The molecule has 0 saturated carbocycles. The number of aromatic nitrogens is 1. The number of nitrogens with one attached hydrogen (secondary N) is 1. The van der Waals surface area contributed by atoms with Gasteiger partial charge < -0.3 is 5.32 Å². The zero-order valence-electron chi connectivity index (χ0n) is 19.4. The maximum atomic E-state index is 13.0. The zero-order valence-corrected chi connectivity index (χ0v) is 20.2. The Hall–Kier alpha value is -3.62. The molecule has 2 aromatic carbocycles. The average Bonchev–Trinajstić information content (AvgIpc) is 2.88. The van der Waals surface area contributed by atoms with Crippen molar-refractivity contribution in [2.75, 3.05) is 18.4 Å². The van der Waals surface area contributed by atoms with Crippen LogP contribution in [0.1, 0.15) is 41.4 Å². The molecule has 1 N–H and O–H groups in total. The van der Waals surface area contributed by atoms with Crippen LogP contribution in [0.3, 0.4) is 0 Å². The summed E-state index contributed by atoms with van der Waals surface area (Å²) in [5.74, 6) is -0.497. The first-order chi connectivity index (χ1) is 16.8. The molecule has 1 aliphatic heterocycles. The van der Waals surface area contributed by atoms with Crippen molar-refractivity contribution in [2.24, 2.45) is 5.92 Å². The van der Waals surface area contributed by atoms with E-state index < -0.39 is 10.0 Å². The summed E-state index contributed by atoms with van der Waals surface area (Å²) in [5.41, 5.74) is 2.94. The molecule has 1 aliphatic rings. The van der Waals surface area contributed by atoms with E-state index >= 15 is 0 Å². The lowest BCUT2D eigenvalue weighted by molar-refractivity contribution is -0.120. The van der Waals surface area contributed by atoms with Gasteiger partial charge in [-0.3, -0.25) is 14.6 Å². The van der Waals surface area contributed by atoms with E-state index in [1.54, 1.807) is 6.20 Å². The molecule has 35 heavy (non-hydrogen) atoms. The Labute approximate surface area is 205 Å². The fourth-order valence-corrected chi connectivity index (χ4v) is 5.46. The van der Waals surface area contributed by atoms with Crippen molar-refractivity contribution in [1.29, 1.82) is 0 Å². The maximum absolute atomic E-state index is 13.0. The number of pyridine rings is 1. The normalized spacial score (nSPS) is 15.2. The predicted molar refractivity (Wildman–Crippen MR) is 136 cm³/mol. The van der Waals surface area contributed by atoms with Crippen LogP contribution >= 0.6 is 0 Å². The van der Waals surface area contributed by atoms with Crippen molar-refractivity contribution >= 4 is 39.6 Å². The van der Waals surface area contributed by atoms with Crippen LogP contribution in [0.15, 0.2) is 77.8 Å². The third kappa shape index (κ3) is 6.09. The molecular weight excluding hydrogens is 462 g/mol. The number of nitrogens with zero attached hydrogens (tertiary/aromatic N) is 2. The molecule has 0 unspecified atom stereocenters. The van der Waals surface area contributed by atoms with Gasteiger partial charge in [-0.1, -0.05) is 36.4 Å². The number of hydrogen-bond acceptors (Lipinski definition) is 5. The largest absolute Gasteiger partial charge is 0.326 e. The predicted octanol–water partition coefficient (Wildman–Crippen LogP) is 4.49. The van der Waals surface area contributed by atoms with Crippen molar-refractivity contribution in [2.45, 2.75) is 24.7 Å². The minimum Gasteiger partial charge on any atom is -0.326 e. The summed E-state index contributed by atoms with van der Waals surface area (Å²) in [6.45, 7) is 1.97. The van der Waals surface area contributed by atoms with Crippen molar-refractivity contribution < 1.29 is 18.0 Å². The zero-order chi connectivity index (χ0) is 24.8. The Kier molecular flexibility index (Phi) is 7.53. The standard InChI is InChI=1S/C27H27N3O4S/c1-20(31)22-9-12-26(13-10-22)35(33,34)30-17-14-23(15-18-30)27(32)29-25-7-4-5-21(19-25)8-11-24-6-2-3-16-28-24/h2-13,16,19,23H,14-15,17-18H2,1H3,(H,29,32)/b11-8+. The molecule has 1 fully saturated rings. The molecule has 2 heterocycles. The van der Waals surface area contributed by atoms with E-state index in [9.17, 15) is 18.0 Å². The second kappa shape index (κ2) is 10.8. The van der Waals surface area contributed by atoms with Crippen LogP contribution in [0.25, 0.3) is 12.2 Å². The van der Waals surface area contributed by atoms with Crippen LogP contribution in [-0.4, -0.2) is 42.5 Å². The summed E-state index contributed by atoms with van der Waals surface area (Å²) in [6, 6.07) is 19.2. The molecule has 7 nitrogen and oxygen atoms in total. The summed E-state index contributed by atoms with van der Waals surface area (Å²) >= 11 is 0. The number of hydrogen-bond donors (Lipinski definition) is 1. The van der Waals surface area contributed by atoms with E-state index in [-0.39, 0.29) is 35.6 Å². The summed E-state index contributed by atoms with van der Waals surface area (Å²) in [5, 5.41) is 2.96. The SMILES string of the molecule is CC(=O)c1ccc(S(=O)(=O)N2CCC(C(=O)Nc3cccc(/C=C/c4ccccn4)c3)CC2)cc1. The van der Waals surface area contributed by atoms with E-state index in [0.29, 0.717) is 24.1 Å². The number of benzene rings is 2. The molecule has 8 heteroatoms. The van der Waals surface area contributed by atoms with Gasteiger partial charge in [-0.2, -0.15) is 4.31 Å². The van der Waals surface area contributed by atoms with Gasteiger partial charge in [0, 0.05) is 36.5 Å². The summed E-state index contributed by atoms with van der Waals surface area (Å²) in [6.07, 6.45) is 6.46. The molecule has 0 bridgehead atoms. The van der Waals surface area contributed by atoms with Crippen LogP contribution in [0.2, 0.25) is 0 Å². The second-order valence-electron chi connectivity index (χ2n) is 8.46. The number of amides is 1. The second-order valence-corrected chi connectivity index (χ2v) is 10.4. The van der Waals surface area contributed by atoms with Gasteiger partial charge in [0.25, 0.3) is 0 Å². The van der Waals surface area contributed by atoms with Gasteiger partial charge >= 0.3 is 0 Å². The third-order valence-corrected chi connectivity index (χ3v) is 7.92. The molecule has 0 spiro atoms. The number of anilines is 1. The van der Waals surface area contributed by atoms with Gasteiger partial charge in [0.2, 0.25) is 15.9 Å². The Morgan fingerprint density at radius 2 is 1.71 bits per heavy atom. The maximum Gasteiger partial charge on any atom is 0.243 e. The van der Waals surface area contributed by atoms with Crippen molar-refractivity contribution in [3.8, 4) is 0 Å². The number of piperidine rings is 1. The first-order valence-corrected chi connectivity index (χ1v) is 12.9. The number of Topliss-reactive ketones (excluding diaryl/α,β-unsaturated/α-hetero) is 1. The van der Waals surface area contributed by atoms with Crippen molar-refractivity contribution in [3.63, 3.8) is 0 Å². The quantitative estimate of drug-likeness (QED) is 0.493. The highest BCUT2D eigenvalue weighted by molar-refractivity contribution is 7.89. The van der Waals surface area contributed by atoms with Gasteiger partial charge in [-0.15, -0.1) is 0 Å². The molecule has 0 radical (unpaired) electrons. The highest BCUT2D eigenvalue weighted by Gasteiger charge is 2.32. The lowest BCUT2D eigenvalue weighted by atomic mass is 9.97. The van der Waals surface area contributed by atoms with E-state index in [2.05, 4.69) is 10.3 Å². The summed E-state index contributed by atoms with van der Waals surface area (Å²) in [7, 11) is -3.67. The van der Waals surface area contributed by atoms with Crippen molar-refractivity contribution in [3.05, 3.63) is 89.7 Å². The van der Waals surface area contributed by atoms with Gasteiger partial charge in [0.05, 0.1) is 10.6 Å². The molecular formula is C27H27N3O4S. The molecule has 4 rings (SSSR count). The topological polar surface area (TPSA) is 96.4 Å².